The van der Waals surface area contributed by atoms with Gasteiger partial charge >= 0.3 is 0 Å². The molecule has 3 rings (SSSR count). The van der Waals surface area contributed by atoms with Crippen LogP contribution in [-0.4, -0.2) is 20.4 Å². The predicted octanol–water partition coefficient (Wildman–Crippen LogP) is 4.36. The summed E-state index contributed by atoms with van der Waals surface area (Å²) in [4.78, 5) is 12.9. The van der Waals surface area contributed by atoms with Crippen molar-refractivity contribution < 1.29 is 13.2 Å². The van der Waals surface area contributed by atoms with Gasteiger partial charge in [0, 0.05) is 11.6 Å². The van der Waals surface area contributed by atoms with Crippen LogP contribution in [0.1, 0.15) is 54.9 Å². The highest BCUT2D eigenvalue weighted by Crippen LogP contribution is 2.27. The Kier molecular flexibility index (Phi) is 6.32. The highest BCUT2D eigenvalue weighted by atomic mass is 32.2. The Bertz CT molecular complexity index is 860. The minimum Gasteiger partial charge on any atom is -0.349 e. The maximum absolute atomic E-state index is 12.6. The van der Waals surface area contributed by atoms with Crippen LogP contribution in [0.15, 0.2) is 59.5 Å². The molecule has 0 saturated heterocycles. The molecule has 1 amide bonds. The van der Waals surface area contributed by atoms with Gasteiger partial charge in [0.2, 0.25) is 0 Å². The average Bonchev–Trinajstić information content (AvgIpc) is 2.69. The van der Waals surface area contributed by atoms with Crippen LogP contribution in [-0.2, 0) is 15.6 Å². The monoisotopic (exact) mass is 385 g/mol. The Morgan fingerprint density at radius 1 is 1.00 bits per heavy atom. The van der Waals surface area contributed by atoms with Gasteiger partial charge in [0.05, 0.1) is 10.6 Å². The minimum absolute atomic E-state index is 0.0700. The van der Waals surface area contributed by atoms with Gasteiger partial charge in [-0.2, -0.15) is 0 Å². The summed E-state index contributed by atoms with van der Waals surface area (Å²) in [7, 11) is -3.38. The molecule has 144 valence electrons. The molecule has 1 N–H and O–H groups in total. The molecule has 4 nitrogen and oxygen atoms in total. The molecule has 0 heterocycles. The number of hydrogen-bond donors (Lipinski definition) is 1. The zero-order valence-corrected chi connectivity index (χ0v) is 16.5. The molecule has 0 bridgehead atoms. The van der Waals surface area contributed by atoms with Gasteiger partial charge in [-0.05, 0) is 48.6 Å². The molecule has 2 atom stereocenters. The predicted molar refractivity (Wildman–Crippen MR) is 107 cm³/mol. The van der Waals surface area contributed by atoms with Crippen molar-refractivity contribution in [1.29, 1.82) is 0 Å². The molecule has 2 aromatic carbocycles. The topological polar surface area (TPSA) is 63.2 Å². The molecule has 1 aliphatic rings. The normalized spacial score (nSPS) is 20.2. The van der Waals surface area contributed by atoms with Crippen molar-refractivity contribution in [3.8, 4) is 0 Å². The van der Waals surface area contributed by atoms with E-state index < -0.39 is 9.84 Å². The van der Waals surface area contributed by atoms with Gasteiger partial charge in [0.15, 0.2) is 9.84 Å². The number of benzene rings is 2. The molecule has 2 aromatic rings. The first-order valence-electron chi connectivity index (χ1n) is 9.67. The maximum Gasteiger partial charge on any atom is 0.251 e. The average molecular weight is 386 g/mol. The van der Waals surface area contributed by atoms with Crippen LogP contribution >= 0.6 is 0 Å². The van der Waals surface area contributed by atoms with Gasteiger partial charge in [0.25, 0.3) is 5.91 Å². The lowest BCUT2D eigenvalue weighted by atomic mass is 9.83. The van der Waals surface area contributed by atoms with Crippen LogP contribution in [0.4, 0.5) is 0 Å². The number of sulfone groups is 1. The lowest BCUT2D eigenvalue weighted by Crippen LogP contribution is -2.41. The third kappa shape index (κ3) is 4.98. The second-order valence-corrected chi connectivity index (χ2v) is 9.29. The van der Waals surface area contributed by atoms with Crippen LogP contribution in [0, 0.1) is 5.92 Å². The van der Waals surface area contributed by atoms with Gasteiger partial charge in [-0.15, -0.1) is 0 Å². The van der Waals surface area contributed by atoms with Crippen molar-refractivity contribution in [1.82, 2.24) is 5.32 Å². The SMILES string of the molecule is CC[C@H]1CCCC[C@H]1NC(=O)c1ccc(CS(=O)(=O)c2ccccc2)cc1. The van der Waals surface area contributed by atoms with Gasteiger partial charge in [0.1, 0.15) is 0 Å². The molecule has 0 radical (unpaired) electrons. The fraction of sp³-hybridized carbons (Fsp3) is 0.409. The molecule has 1 fully saturated rings. The Morgan fingerprint density at radius 3 is 2.33 bits per heavy atom. The van der Waals surface area contributed by atoms with Crippen LogP contribution in [0.5, 0.6) is 0 Å². The molecule has 27 heavy (non-hydrogen) atoms. The summed E-state index contributed by atoms with van der Waals surface area (Å²) in [5.41, 5.74) is 1.26. The Labute approximate surface area is 161 Å². The molecule has 1 aliphatic carbocycles. The smallest absolute Gasteiger partial charge is 0.251 e. The van der Waals surface area contributed by atoms with E-state index >= 15 is 0 Å². The number of carbonyl (C=O) groups is 1. The zero-order chi connectivity index (χ0) is 19.3. The van der Waals surface area contributed by atoms with E-state index in [0.29, 0.717) is 21.9 Å². The fourth-order valence-corrected chi connectivity index (χ4v) is 5.19. The van der Waals surface area contributed by atoms with Crippen molar-refractivity contribution >= 4 is 15.7 Å². The van der Waals surface area contributed by atoms with Crippen LogP contribution < -0.4 is 5.32 Å². The first kappa shape index (κ1) is 19.6. The first-order valence-corrected chi connectivity index (χ1v) is 11.3. The molecule has 0 spiro atoms. The third-order valence-electron chi connectivity index (χ3n) is 5.43. The third-order valence-corrected chi connectivity index (χ3v) is 7.13. The number of rotatable bonds is 6. The Hall–Kier alpha value is -2.14. The van der Waals surface area contributed by atoms with Gasteiger partial charge in [-0.3, -0.25) is 4.79 Å². The second-order valence-electron chi connectivity index (χ2n) is 7.30. The Balaban J connectivity index is 1.65. The lowest BCUT2D eigenvalue weighted by molar-refractivity contribution is 0.0904. The van der Waals surface area contributed by atoms with Crippen LogP contribution in [0.25, 0.3) is 0 Å². The molecular weight excluding hydrogens is 358 g/mol. The van der Waals surface area contributed by atoms with E-state index in [-0.39, 0.29) is 17.7 Å². The summed E-state index contributed by atoms with van der Waals surface area (Å²) >= 11 is 0. The van der Waals surface area contributed by atoms with Crippen molar-refractivity contribution in [2.45, 2.75) is 55.7 Å². The molecule has 0 unspecified atom stereocenters. The molecule has 0 aromatic heterocycles. The van der Waals surface area contributed by atoms with Crippen LogP contribution in [0.2, 0.25) is 0 Å². The fourth-order valence-electron chi connectivity index (χ4n) is 3.82. The van der Waals surface area contributed by atoms with Crippen molar-refractivity contribution in [3.05, 3.63) is 65.7 Å². The summed E-state index contributed by atoms with van der Waals surface area (Å²) in [6, 6.07) is 15.6. The molecule has 0 aliphatic heterocycles. The lowest BCUT2D eigenvalue weighted by Gasteiger charge is -2.31. The number of nitrogens with one attached hydrogen (secondary N) is 1. The summed E-state index contributed by atoms with van der Waals surface area (Å²) in [6.45, 7) is 2.18. The Morgan fingerprint density at radius 2 is 1.67 bits per heavy atom. The van der Waals surface area contributed by atoms with Crippen molar-refractivity contribution in [2.75, 3.05) is 0 Å². The summed E-state index contributed by atoms with van der Waals surface area (Å²) in [5, 5.41) is 3.17. The van der Waals surface area contributed by atoms with E-state index in [9.17, 15) is 13.2 Å². The van der Waals surface area contributed by atoms with Gasteiger partial charge in [-0.1, -0.05) is 56.5 Å². The highest BCUT2D eigenvalue weighted by Gasteiger charge is 2.25. The standard InChI is InChI=1S/C22H27NO3S/c1-2-18-8-6-7-11-21(18)23-22(24)19-14-12-17(13-15-19)16-27(25,26)20-9-4-3-5-10-20/h3-5,9-10,12-15,18,21H,2,6-8,11,16H2,1H3,(H,23,24)/t18-,21+/m0/s1. The zero-order valence-electron chi connectivity index (χ0n) is 15.7. The van der Waals surface area contributed by atoms with E-state index in [4.69, 9.17) is 0 Å². The van der Waals surface area contributed by atoms with Crippen molar-refractivity contribution in [3.63, 3.8) is 0 Å². The first-order chi connectivity index (χ1) is 13.0. The molecule has 5 heteroatoms. The minimum atomic E-state index is -3.38. The van der Waals surface area contributed by atoms with E-state index in [1.807, 2.05) is 0 Å². The number of carbonyl (C=O) groups excluding carboxylic acids is 1. The maximum atomic E-state index is 12.6. The summed E-state index contributed by atoms with van der Waals surface area (Å²) in [6.07, 6.45) is 5.71. The quantitative estimate of drug-likeness (QED) is 0.804. The summed E-state index contributed by atoms with van der Waals surface area (Å²) < 4.78 is 24.9. The second kappa shape index (κ2) is 8.70. The summed E-state index contributed by atoms with van der Waals surface area (Å²) in [5.74, 6) is 0.412. The highest BCUT2D eigenvalue weighted by molar-refractivity contribution is 7.90. The van der Waals surface area contributed by atoms with Crippen molar-refractivity contribution in [2.24, 2.45) is 5.92 Å². The number of amides is 1. The van der Waals surface area contributed by atoms with Crippen LogP contribution in [0.3, 0.4) is 0 Å². The largest absolute Gasteiger partial charge is 0.349 e. The molecular formula is C22H27NO3S. The number of hydrogen-bond acceptors (Lipinski definition) is 3. The van der Waals surface area contributed by atoms with E-state index in [2.05, 4.69) is 12.2 Å². The van der Waals surface area contributed by atoms with Gasteiger partial charge < -0.3 is 5.32 Å². The molecule has 1 saturated carbocycles. The van der Waals surface area contributed by atoms with E-state index in [1.54, 1.807) is 54.6 Å². The van der Waals surface area contributed by atoms with E-state index in [1.165, 1.54) is 12.8 Å². The van der Waals surface area contributed by atoms with E-state index in [0.717, 1.165) is 19.3 Å². The van der Waals surface area contributed by atoms with Gasteiger partial charge in [-0.25, -0.2) is 8.42 Å².